The van der Waals surface area contributed by atoms with Gasteiger partial charge in [-0.05, 0) is 47.0 Å². The van der Waals surface area contributed by atoms with Crippen molar-refractivity contribution in [2.45, 2.75) is 32.1 Å². The predicted molar refractivity (Wildman–Crippen MR) is 81.9 cm³/mol. The number of rotatable bonds is 9. The number of benzene rings is 1. The number of carboxylic acid groups (broad SMARTS) is 1. The fraction of sp³-hybridized carbons (Fsp3) is 0.429. The second kappa shape index (κ2) is 8.58. The van der Waals surface area contributed by atoms with Crippen LogP contribution in [0.3, 0.4) is 0 Å². The van der Waals surface area contributed by atoms with Crippen LogP contribution in [-0.2, 0) is 4.79 Å². The molecular formula is C14H19BrN2O3. The molecule has 0 heterocycles. The summed E-state index contributed by atoms with van der Waals surface area (Å²) in [6.45, 7) is 0.807. The molecule has 4 N–H and O–H groups in total. The lowest BCUT2D eigenvalue weighted by atomic mass is 10.1. The molecule has 0 aromatic heterocycles. The van der Waals surface area contributed by atoms with Gasteiger partial charge in [0.05, 0.1) is 0 Å². The average Bonchev–Trinajstić information content (AvgIpc) is 2.38. The van der Waals surface area contributed by atoms with Crippen molar-refractivity contribution in [3.8, 4) is 0 Å². The second-order valence-corrected chi connectivity index (χ2v) is 5.40. The van der Waals surface area contributed by atoms with Gasteiger partial charge in [-0.3, -0.25) is 9.59 Å². The first kappa shape index (κ1) is 16.5. The van der Waals surface area contributed by atoms with Crippen LogP contribution >= 0.6 is 15.9 Å². The molecule has 110 valence electrons. The van der Waals surface area contributed by atoms with Crippen LogP contribution in [0.4, 0.5) is 5.69 Å². The monoisotopic (exact) mass is 342 g/mol. The predicted octanol–water partition coefficient (Wildman–Crippen LogP) is 3.00. The number of hydrogen-bond donors (Lipinski definition) is 3. The van der Waals surface area contributed by atoms with Gasteiger partial charge in [-0.1, -0.05) is 12.8 Å². The van der Waals surface area contributed by atoms with Crippen LogP contribution in [0.5, 0.6) is 0 Å². The molecule has 0 bridgehead atoms. The van der Waals surface area contributed by atoms with Crippen molar-refractivity contribution in [1.29, 1.82) is 0 Å². The van der Waals surface area contributed by atoms with E-state index in [0.717, 1.165) is 42.4 Å². The minimum atomic E-state index is -0.735. The molecule has 1 aromatic carbocycles. The number of aliphatic carboxylic acids is 1. The molecule has 1 amide bonds. The van der Waals surface area contributed by atoms with E-state index in [0.29, 0.717) is 5.56 Å². The molecule has 0 unspecified atom stereocenters. The third-order valence-corrected chi connectivity index (χ3v) is 3.54. The van der Waals surface area contributed by atoms with Gasteiger partial charge >= 0.3 is 5.97 Å². The van der Waals surface area contributed by atoms with E-state index in [1.54, 1.807) is 12.1 Å². The molecule has 0 aliphatic heterocycles. The molecule has 0 aliphatic carbocycles. The van der Waals surface area contributed by atoms with Gasteiger partial charge in [0.15, 0.2) is 0 Å². The Kier molecular flexibility index (Phi) is 7.08. The Bertz CT molecular complexity index is 477. The van der Waals surface area contributed by atoms with Crippen molar-refractivity contribution in [3.63, 3.8) is 0 Å². The zero-order valence-electron chi connectivity index (χ0n) is 11.2. The molecule has 1 aromatic rings. The average molecular weight is 343 g/mol. The van der Waals surface area contributed by atoms with Crippen LogP contribution in [0.2, 0.25) is 0 Å². The summed E-state index contributed by atoms with van der Waals surface area (Å²) in [5, 5.41) is 11.8. The van der Waals surface area contributed by atoms with Crippen molar-refractivity contribution < 1.29 is 14.7 Å². The van der Waals surface area contributed by atoms with Crippen LogP contribution < -0.4 is 11.1 Å². The number of primary amides is 1. The maximum Gasteiger partial charge on any atom is 0.303 e. The fourth-order valence-corrected chi connectivity index (χ4v) is 2.31. The number of anilines is 1. The highest BCUT2D eigenvalue weighted by atomic mass is 79.9. The van der Waals surface area contributed by atoms with Crippen LogP contribution in [-0.4, -0.2) is 23.5 Å². The minimum absolute atomic E-state index is 0.244. The molecule has 20 heavy (non-hydrogen) atoms. The zero-order chi connectivity index (χ0) is 15.0. The normalized spacial score (nSPS) is 10.2. The summed E-state index contributed by atoms with van der Waals surface area (Å²) in [6.07, 6.45) is 3.87. The van der Waals surface area contributed by atoms with E-state index in [4.69, 9.17) is 10.8 Å². The van der Waals surface area contributed by atoms with E-state index in [-0.39, 0.29) is 6.42 Å². The summed E-state index contributed by atoms with van der Waals surface area (Å²) in [5.41, 5.74) is 6.59. The van der Waals surface area contributed by atoms with Crippen LogP contribution in [0.15, 0.2) is 22.7 Å². The van der Waals surface area contributed by atoms with E-state index in [1.807, 2.05) is 6.07 Å². The van der Waals surface area contributed by atoms with Crippen LogP contribution in [0, 0.1) is 0 Å². The summed E-state index contributed by atoms with van der Waals surface area (Å²) in [7, 11) is 0. The van der Waals surface area contributed by atoms with Gasteiger partial charge in [-0.25, -0.2) is 0 Å². The van der Waals surface area contributed by atoms with Crippen molar-refractivity contribution in [2.75, 3.05) is 11.9 Å². The number of carboxylic acids is 1. The highest BCUT2D eigenvalue weighted by Crippen LogP contribution is 2.23. The lowest BCUT2D eigenvalue weighted by Gasteiger charge is -2.09. The van der Waals surface area contributed by atoms with Crippen LogP contribution in [0.1, 0.15) is 42.5 Å². The van der Waals surface area contributed by atoms with Gasteiger partial charge < -0.3 is 16.2 Å². The van der Waals surface area contributed by atoms with Crippen molar-refractivity contribution >= 4 is 33.5 Å². The van der Waals surface area contributed by atoms with E-state index < -0.39 is 11.9 Å². The number of halogens is 1. The minimum Gasteiger partial charge on any atom is -0.481 e. The number of nitrogens with two attached hydrogens (primary N) is 1. The smallest absolute Gasteiger partial charge is 0.303 e. The molecule has 0 radical (unpaired) electrons. The Balaban J connectivity index is 2.25. The molecule has 0 saturated heterocycles. The Morgan fingerprint density at radius 1 is 1.20 bits per heavy atom. The highest BCUT2D eigenvalue weighted by molar-refractivity contribution is 9.10. The summed E-state index contributed by atoms with van der Waals surface area (Å²) in [6, 6.07) is 5.19. The third-order valence-electron chi connectivity index (χ3n) is 2.89. The molecule has 0 spiro atoms. The maximum atomic E-state index is 11.0. The highest BCUT2D eigenvalue weighted by Gasteiger charge is 2.04. The van der Waals surface area contributed by atoms with Crippen molar-refractivity contribution in [1.82, 2.24) is 0 Å². The molecule has 0 aliphatic rings. The molecule has 6 heteroatoms. The number of nitrogens with one attached hydrogen (secondary N) is 1. The van der Waals surface area contributed by atoms with Gasteiger partial charge in [-0.15, -0.1) is 0 Å². The summed E-state index contributed by atoms with van der Waals surface area (Å²) in [5.74, 6) is -1.18. The lowest BCUT2D eigenvalue weighted by Crippen LogP contribution is -2.11. The molecule has 1 rings (SSSR count). The Labute approximate surface area is 126 Å². The fourth-order valence-electron chi connectivity index (χ4n) is 1.79. The second-order valence-electron chi connectivity index (χ2n) is 4.54. The third kappa shape index (κ3) is 6.06. The van der Waals surface area contributed by atoms with E-state index in [9.17, 15) is 9.59 Å². The summed E-state index contributed by atoms with van der Waals surface area (Å²) in [4.78, 5) is 21.3. The first-order valence-electron chi connectivity index (χ1n) is 6.55. The van der Waals surface area contributed by atoms with Crippen molar-refractivity contribution in [2.24, 2.45) is 5.73 Å². The first-order valence-corrected chi connectivity index (χ1v) is 7.35. The van der Waals surface area contributed by atoms with Gasteiger partial charge in [0, 0.05) is 28.7 Å². The van der Waals surface area contributed by atoms with E-state index in [2.05, 4.69) is 21.2 Å². The topological polar surface area (TPSA) is 92.4 Å². The SMILES string of the molecule is NC(=O)c1ccc(NCCCCCCC(=O)O)c(Br)c1. The number of unbranched alkanes of at least 4 members (excludes halogenated alkanes) is 3. The largest absolute Gasteiger partial charge is 0.481 e. The molecule has 0 atom stereocenters. The molecule has 0 saturated carbocycles. The lowest BCUT2D eigenvalue weighted by molar-refractivity contribution is -0.137. The Morgan fingerprint density at radius 3 is 2.50 bits per heavy atom. The number of carbonyl (C=O) groups excluding carboxylic acids is 1. The van der Waals surface area contributed by atoms with E-state index in [1.165, 1.54) is 0 Å². The Hall–Kier alpha value is -1.56. The van der Waals surface area contributed by atoms with E-state index >= 15 is 0 Å². The molecule has 5 nitrogen and oxygen atoms in total. The van der Waals surface area contributed by atoms with Gasteiger partial charge in [0.25, 0.3) is 0 Å². The first-order chi connectivity index (χ1) is 9.50. The number of carbonyl (C=O) groups is 2. The maximum absolute atomic E-state index is 11.0. The summed E-state index contributed by atoms with van der Waals surface area (Å²) < 4.78 is 0.805. The number of amides is 1. The molecular weight excluding hydrogens is 324 g/mol. The number of hydrogen-bond acceptors (Lipinski definition) is 3. The van der Waals surface area contributed by atoms with Gasteiger partial charge in [-0.2, -0.15) is 0 Å². The van der Waals surface area contributed by atoms with Gasteiger partial charge in [0.2, 0.25) is 5.91 Å². The van der Waals surface area contributed by atoms with Gasteiger partial charge in [0.1, 0.15) is 0 Å². The summed E-state index contributed by atoms with van der Waals surface area (Å²) >= 11 is 3.39. The zero-order valence-corrected chi connectivity index (χ0v) is 12.8. The quantitative estimate of drug-likeness (QED) is 0.601. The standard InChI is InChI=1S/C14H19BrN2O3/c15-11-9-10(14(16)20)6-7-12(11)17-8-4-2-1-3-5-13(18)19/h6-7,9,17H,1-5,8H2,(H2,16,20)(H,18,19). The Morgan fingerprint density at radius 2 is 1.90 bits per heavy atom. The van der Waals surface area contributed by atoms with Crippen molar-refractivity contribution in [3.05, 3.63) is 28.2 Å². The van der Waals surface area contributed by atoms with Crippen LogP contribution in [0.25, 0.3) is 0 Å². The molecule has 0 fully saturated rings.